The third kappa shape index (κ3) is 1.000. The topological polar surface area (TPSA) is 0 Å². The van der Waals surface area contributed by atoms with Gasteiger partial charge in [-0.25, -0.2) is 0 Å². The summed E-state index contributed by atoms with van der Waals surface area (Å²) in [5.41, 5.74) is 0. The van der Waals surface area contributed by atoms with Gasteiger partial charge in [-0.05, 0) is 25.2 Å². The molecule has 1 heterocycles. The standard InChI is InChI=1S/C8H14S/c1-6-7-3-2-4-8(5-7)9-6/h6-8H,2-5H2,1H3. The molecule has 1 saturated carbocycles. The van der Waals surface area contributed by atoms with Crippen molar-refractivity contribution in [1.82, 2.24) is 0 Å². The molecule has 0 nitrogen and oxygen atoms in total. The summed E-state index contributed by atoms with van der Waals surface area (Å²) >= 11 is 2.24. The minimum atomic E-state index is 0.984. The molecule has 9 heavy (non-hydrogen) atoms. The predicted octanol–water partition coefficient (Wildman–Crippen LogP) is 2.68. The molecular formula is C8H14S. The van der Waals surface area contributed by atoms with Gasteiger partial charge in [0.2, 0.25) is 0 Å². The van der Waals surface area contributed by atoms with Gasteiger partial charge >= 0.3 is 0 Å². The Balaban J connectivity index is 2.07. The van der Waals surface area contributed by atoms with E-state index in [1.807, 2.05) is 0 Å². The summed E-state index contributed by atoms with van der Waals surface area (Å²) in [7, 11) is 0. The highest BCUT2D eigenvalue weighted by molar-refractivity contribution is 8.00. The van der Waals surface area contributed by atoms with Crippen molar-refractivity contribution in [3.8, 4) is 0 Å². The molecule has 1 aliphatic heterocycles. The van der Waals surface area contributed by atoms with Gasteiger partial charge in [-0.1, -0.05) is 13.3 Å². The lowest BCUT2D eigenvalue weighted by molar-refractivity contribution is 0.391. The molecule has 2 aliphatic rings. The maximum absolute atomic E-state index is 2.40. The van der Waals surface area contributed by atoms with Gasteiger partial charge in [0.05, 0.1) is 0 Å². The molecule has 0 radical (unpaired) electrons. The molecule has 3 atom stereocenters. The van der Waals surface area contributed by atoms with E-state index in [0.717, 1.165) is 16.4 Å². The lowest BCUT2D eigenvalue weighted by Gasteiger charge is -2.17. The molecule has 2 rings (SSSR count). The van der Waals surface area contributed by atoms with Crippen molar-refractivity contribution < 1.29 is 0 Å². The van der Waals surface area contributed by atoms with E-state index in [2.05, 4.69) is 18.7 Å². The smallest absolute Gasteiger partial charge is 0.00528 e. The van der Waals surface area contributed by atoms with Crippen molar-refractivity contribution in [2.24, 2.45) is 5.92 Å². The van der Waals surface area contributed by atoms with E-state index < -0.39 is 0 Å². The van der Waals surface area contributed by atoms with E-state index in [1.165, 1.54) is 25.7 Å². The third-order valence-electron chi connectivity index (χ3n) is 2.74. The molecule has 3 unspecified atom stereocenters. The molecule has 52 valence electrons. The molecule has 0 spiro atoms. The predicted molar refractivity (Wildman–Crippen MR) is 42.8 cm³/mol. The van der Waals surface area contributed by atoms with E-state index in [-0.39, 0.29) is 0 Å². The highest BCUT2D eigenvalue weighted by Gasteiger charge is 2.34. The Kier molecular flexibility index (Phi) is 1.48. The van der Waals surface area contributed by atoms with Gasteiger partial charge in [-0.2, -0.15) is 11.8 Å². The van der Waals surface area contributed by atoms with Crippen molar-refractivity contribution in [2.75, 3.05) is 0 Å². The van der Waals surface area contributed by atoms with E-state index >= 15 is 0 Å². The first kappa shape index (κ1) is 6.09. The van der Waals surface area contributed by atoms with Crippen LogP contribution in [0.5, 0.6) is 0 Å². The Hall–Kier alpha value is 0.350. The van der Waals surface area contributed by atoms with Crippen LogP contribution in [0.1, 0.15) is 32.6 Å². The number of hydrogen-bond acceptors (Lipinski definition) is 1. The van der Waals surface area contributed by atoms with Gasteiger partial charge < -0.3 is 0 Å². The van der Waals surface area contributed by atoms with Crippen LogP contribution in [0.3, 0.4) is 0 Å². The first-order chi connectivity index (χ1) is 4.36. The number of rotatable bonds is 0. The van der Waals surface area contributed by atoms with Crippen LogP contribution in [0.2, 0.25) is 0 Å². The maximum atomic E-state index is 2.40. The normalized spacial score (nSPS) is 49.7. The molecule has 0 aromatic rings. The minimum absolute atomic E-state index is 0.984. The summed E-state index contributed by atoms with van der Waals surface area (Å²) in [6.07, 6.45) is 6.06. The van der Waals surface area contributed by atoms with Gasteiger partial charge in [0.25, 0.3) is 0 Å². The van der Waals surface area contributed by atoms with Crippen molar-refractivity contribution in [3.05, 3.63) is 0 Å². The molecular weight excluding hydrogens is 128 g/mol. The summed E-state index contributed by atoms with van der Waals surface area (Å²) in [6.45, 7) is 2.40. The number of thioether (sulfide) groups is 1. The fraction of sp³-hybridized carbons (Fsp3) is 1.00. The average Bonchev–Trinajstić information content (AvgIpc) is 2.09. The fourth-order valence-corrected chi connectivity index (χ4v) is 3.88. The van der Waals surface area contributed by atoms with Crippen LogP contribution in [0.4, 0.5) is 0 Å². The van der Waals surface area contributed by atoms with Gasteiger partial charge in [0.1, 0.15) is 0 Å². The van der Waals surface area contributed by atoms with Crippen molar-refractivity contribution >= 4 is 11.8 Å². The van der Waals surface area contributed by atoms with Crippen molar-refractivity contribution in [3.63, 3.8) is 0 Å². The highest BCUT2D eigenvalue weighted by Crippen LogP contribution is 2.46. The Morgan fingerprint density at radius 3 is 2.89 bits per heavy atom. The monoisotopic (exact) mass is 142 g/mol. The van der Waals surface area contributed by atoms with Crippen LogP contribution in [0, 0.1) is 5.92 Å². The lowest BCUT2D eigenvalue weighted by atomic mass is 9.88. The number of fused-ring (bicyclic) bond motifs is 2. The molecule has 0 aromatic carbocycles. The zero-order valence-electron chi connectivity index (χ0n) is 5.97. The summed E-state index contributed by atoms with van der Waals surface area (Å²) < 4.78 is 0. The van der Waals surface area contributed by atoms with Crippen LogP contribution >= 0.6 is 11.8 Å². The van der Waals surface area contributed by atoms with E-state index in [4.69, 9.17) is 0 Å². The Morgan fingerprint density at radius 1 is 1.33 bits per heavy atom. The molecule has 0 amide bonds. The van der Waals surface area contributed by atoms with Gasteiger partial charge in [0.15, 0.2) is 0 Å². The van der Waals surface area contributed by atoms with Crippen LogP contribution in [0.15, 0.2) is 0 Å². The zero-order chi connectivity index (χ0) is 6.27. The Bertz CT molecular complexity index is 109. The molecule has 1 aliphatic carbocycles. The second kappa shape index (κ2) is 2.19. The molecule has 0 N–H and O–H groups in total. The summed E-state index contributed by atoms with van der Waals surface area (Å²) in [4.78, 5) is 0. The second-order valence-electron chi connectivity index (χ2n) is 3.39. The fourth-order valence-electron chi connectivity index (χ4n) is 2.15. The highest BCUT2D eigenvalue weighted by atomic mass is 32.2. The molecule has 2 bridgehead atoms. The van der Waals surface area contributed by atoms with Crippen LogP contribution in [-0.4, -0.2) is 10.5 Å². The van der Waals surface area contributed by atoms with Crippen LogP contribution in [-0.2, 0) is 0 Å². The van der Waals surface area contributed by atoms with Crippen molar-refractivity contribution in [1.29, 1.82) is 0 Å². The Labute approximate surface area is 61.4 Å². The molecule has 1 saturated heterocycles. The quantitative estimate of drug-likeness (QED) is 0.501. The summed E-state index contributed by atoms with van der Waals surface area (Å²) in [6, 6.07) is 0. The summed E-state index contributed by atoms with van der Waals surface area (Å²) in [5.74, 6) is 1.09. The molecule has 0 aromatic heterocycles. The largest absolute Gasteiger partial charge is 0.155 e. The average molecular weight is 142 g/mol. The van der Waals surface area contributed by atoms with Crippen LogP contribution in [0.25, 0.3) is 0 Å². The zero-order valence-corrected chi connectivity index (χ0v) is 6.79. The second-order valence-corrected chi connectivity index (χ2v) is 5.07. The summed E-state index contributed by atoms with van der Waals surface area (Å²) in [5, 5.41) is 2.04. The number of hydrogen-bond donors (Lipinski definition) is 0. The van der Waals surface area contributed by atoms with Gasteiger partial charge in [-0.3, -0.25) is 0 Å². The minimum Gasteiger partial charge on any atom is -0.155 e. The van der Waals surface area contributed by atoms with Gasteiger partial charge in [-0.15, -0.1) is 0 Å². The van der Waals surface area contributed by atoms with E-state index in [1.54, 1.807) is 0 Å². The van der Waals surface area contributed by atoms with Crippen LogP contribution < -0.4 is 0 Å². The Morgan fingerprint density at radius 2 is 2.22 bits per heavy atom. The van der Waals surface area contributed by atoms with E-state index in [0.29, 0.717) is 0 Å². The molecule has 1 heteroatoms. The SMILES string of the molecule is CC1SC2CCCC1C2. The molecule has 2 fully saturated rings. The van der Waals surface area contributed by atoms with E-state index in [9.17, 15) is 0 Å². The first-order valence-electron chi connectivity index (χ1n) is 4.02. The third-order valence-corrected chi connectivity index (χ3v) is 4.36. The maximum Gasteiger partial charge on any atom is 0.00528 e. The van der Waals surface area contributed by atoms with Gasteiger partial charge in [0, 0.05) is 10.5 Å². The van der Waals surface area contributed by atoms with Crippen molar-refractivity contribution in [2.45, 2.75) is 43.1 Å². The first-order valence-corrected chi connectivity index (χ1v) is 4.96. The lowest BCUT2D eigenvalue weighted by Crippen LogP contribution is -2.11.